The SMILES string of the molecule is CC.CCOC(=O)C(N)c1ccn(C)n1. The second-order valence-electron chi connectivity index (χ2n) is 2.64. The largest absolute Gasteiger partial charge is 0.465 e. The van der Waals surface area contributed by atoms with Gasteiger partial charge in [-0.3, -0.25) is 4.68 Å². The van der Waals surface area contributed by atoms with Crippen molar-refractivity contribution in [3.8, 4) is 0 Å². The molecule has 0 saturated heterocycles. The van der Waals surface area contributed by atoms with Gasteiger partial charge in [-0.25, -0.2) is 4.79 Å². The minimum absolute atomic E-state index is 0.333. The van der Waals surface area contributed by atoms with Gasteiger partial charge in [0, 0.05) is 13.2 Å². The van der Waals surface area contributed by atoms with E-state index in [2.05, 4.69) is 5.10 Å². The molecule has 2 N–H and O–H groups in total. The maximum atomic E-state index is 11.2. The second-order valence-corrected chi connectivity index (χ2v) is 2.64. The highest BCUT2D eigenvalue weighted by Crippen LogP contribution is 2.07. The predicted molar refractivity (Wildman–Crippen MR) is 58.1 cm³/mol. The van der Waals surface area contributed by atoms with Crippen LogP contribution in [0, 0.1) is 0 Å². The minimum Gasteiger partial charge on any atom is -0.465 e. The molecule has 0 aliphatic rings. The van der Waals surface area contributed by atoms with Crippen molar-refractivity contribution in [1.29, 1.82) is 0 Å². The van der Waals surface area contributed by atoms with Gasteiger partial charge in [-0.2, -0.15) is 5.10 Å². The minimum atomic E-state index is -0.777. The van der Waals surface area contributed by atoms with E-state index in [1.54, 1.807) is 30.9 Å². The molecule has 0 aliphatic carbocycles. The summed E-state index contributed by atoms with van der Waals surface area (Å²) in [5.41, 5.74) is 6.12. The lowest BCUT2D eigenvalue weighted by Gasteiger charge is -2.06. The number of nitrogens with zero attached hydrogens (tertiary/aromatic N) is 2. The van der Waals surface area contributed by atoms with E-state index in [0.717, 1.165) is 0 Å². The van der Waals surface area contributed by atoms with Crippen LogP contribution in [0.1, 0.15) is 32.5 Å². The van der Waals surface area contributed by atoms with Gasteiger partial charge in [0.15, 0.2) is 0 Å². The normalized spacial score (nSPS) is 11.3. The van der Waals surface area contributed by atoms with Gasteiger partial charge >= 0.3 is 5.97 Å². The van der Waals surface area contributed by atoms with Crippen LogP contribution in [-0.4, -0.2) is 22.4 Å². The first-order valence-corrected chi connectivity index (χ1v) is 5.07. The van der Waals surface area contributed by atoms with Crippen molar-refractivity contribution in [2.24, 2.45) is 12.8 Å². The Morgan fingerprint density at radius 3 is 2.67 bits per heavy atom. The topological polar surface area (TPSA) is 70.1 Å². The summed E-state index contributed by atoms with van der Waals surface area (Å²) in [6, 6.07) is 0.919. The number of esters is 1. The van der Waals surface area contributed by atoms with E-state index >= 15 is 0 Å². The van der Waals surface area contributed by atoms with Gasteiger partial charge in [-0.15, -0.1) is 0 Å². The highest BCUT2D eigenvalue weighted by Gasteiger charge is 2.18. The lowest BCUT2D eigenvalue weighted by atomic mass is 10.2. The molecule has 0 radical (unpaired) electrons. The average Bonchev–Trinajstić information content (AvgIpc) is 2.67. The van der Waals surface area contributed by atoms with Crippen LogP contribution in [0.2, 0.25) is 0 Å². The van der Waals surface area contributed by atoms with E-state index in [0.29, 0.717) is 12.3 Å². The Labute approximate surface area is 90.2 Å². The standard InChI is InChI=1S/C8H13N3O2.C2H6/c1-3-13-8(12)7(9)6-4-5-11(2)10-6;1-2/h4-5,7H,3,9H2,1-2H3;1-2H3. The van der Waals surface area contributed by atoms with Crippen molar-refractivity contribution in [3.63, 3.8) is 0 Å². The molecule has 5 nitrogen and oxygen atoms in total. The number of ether oxygens (including phenoxy) is 1. The average molecular weight is 213 g/mol. The smallest absolute Gasteiger partial charge is 0.329 e. The van der Waals surface area contributed by atoms with E-state index in [1.807, 2.05) is 13.8 Å². The number of carbonyl (C=O) groups is 1. The third-order valence-electron chi connectivity index (χ3n) is 1.59. The Bertz CT molecular complexity index is 297. The first-order chi connectivity index (χ1) is 7.15. The van der Waals surface area contributed by atoms with Gasteiger partial charge in [-0.1, -0.05) is 13.8 Å². The third-order valence-corrected chi connectivity index (χ3v) is 1.59. The first-order valence-electron chi connectivity index (χ1n) is 5.07. The summed E-state index contributed by atoms with van der Waals surface area (Å²) in [5.74, 6) is -0.443. The number of nitrogens with two attached hydrogens (primary N) is 1. The number of carbonyl (C=O) groups excluding carboxylic acids is 1. The maximum absolute atomic E-state index is 11.2. The summed E-state index contributed by atoms with van der Waals surface area (Å²) in [6.07, 6.45) is 1.73. The summed E-state index contributed by atoms with van der Waals surface area (Å²) in [6.45, 7) is 6.07. The summed E-state index contributed by atoms with van der Waals surface area (Å²) in [5, 5.41) is 4.00. The monoisotopic (exact) mass is 213 g/mol. The van der Waals surface area contributed by atoms with Crippen LogP contribution in [-0.2, 0) is 16.6 Å². The number of aryl methyl sites for hydroxylation is 1. The molecule has 0 spiro atoms. The Morgan fingerprint density at radius 2 is 2.27 bits per heavy atom. The molecule has 0 fully saturated rings. The van der Waals surface area contributed by atoms with E-state index in [4.69, 9.17) is 10.5 Å². The van der Waals surface area contributed by atoms with Gasteiger partial charge in [0.2, 0.25) is 0 Å². The maximum Gasteiger partial charge on any atom is 0.329 e. The molecule has 0 bridgehead atoms. The molecule has 15 heavy (non-hydrogen) atoms. The van der Waals surface area contributed by atoms with Crippen molar-refractivity contribution in [3.05, 3.63) is 18.0 Å². The molecule has 1 unspecified atom stereocenters. The zero-order valence-corrected chi connectivity index (χ0v) is 9.73. The summed E-state index contributed by atoms with van der Waals surface area (Å²) in [4.78, 5) is 11.2. The number of hydrogen-bond donors (Lipinski definition) is 1. The number of rotatable bonds is 3. The van der Waals surface area contributed by atoms with Crippen molar-refractivity contribution >= 4 is 5.97 Å². The fraction of sp³-hybridized carbons (Fsp3) is 0.600. The number of aromatic nitrogens is 2. The van der Waals surface area contributed by atoms with Crippen molar-refractivity contribution < 1.29 is 9.53 Å². The van der Waals surface area contributed by atoms with Crippen LogP contribution in [0.4, 0.5) is 0 Å². The van der Waals surface area contributed by atoms with Crippen molar-refractivity contribution in [2.45, 2.75) is 26.8 Å². The molecular formula is C10H19N3O2. The fourth-order valence-corrected chi connectivity index (χ4v) is 0.952. The summed E-state index contributed by atoms with van der Waals surface area (Å²) < 4.78 is 6.35. The number of hydrogen-bond acceptors (Lipinski definition) is 4. The predicted octanol–water partition coefficient (Wildman–Crippen LogP) is 1.01. The molecule has 1 rings (SSSR count). The summed E-state index contributed by atoms with van der Waals surface area (Å²) >= 11 is 0. The molecule has 1 aromatic heterocycles. The lowest BCUT2D eigenvalue weighted by molar-refractivity contribution is -0.144. The quantitative estimate of drug-likeness (QED) is 0.761. The lowest BCUT2D eigenvalue weighted by Crippen LogP contribution is -2.24. The zero-order chi connectivity index (χ0) is 11.8. The van der Waals surface area contributed by atoms with Gasteiger partial charge in [-0.05, 0) is 13.0 Å². The molecule has 5 heteroatoms. The van der Waals surface area contributed by atoms with E-state index < -0.39 is 12.0 Å². The third kappa shape index (κ3) is 4.12. The zero-order valence-electron chi connectivity index (χ0n) is 9.73. The summed E-state index contributed by atoms with van der Waals surface area (Å²) in [7, 11) is 1.77. The van der Waals surface area contributed by atoms with Crippen LogP contribution in [0.5, 0.6) is 0 Å². The van der Waals surface area contributed by atoms with Crippen LogP contribution in [0.25, 0.3) is 0 Å². The molecular weight excluding hydrogens is 194 g/mol. The molecule has 1 atom stereocenters. The molecule has 86 valence electrons. The van der Waals surface area contributed by atoms with Crippen molar-refractivity contribution in [1.82, 2.24) is 9.78 Å². The molecule has 1 aromatic rings. The van der Waals surface area contributed by atoms with Crippen LogP contribution in [0.3, 0.4) is 0 Å². The first kappa shape index (κ1) is 13.6. The van der Waals surface area contributed by atoms with E-state index in [-0.39, 0.29) is 0 Å². The molecule has 1 heterocycles. The Kier molecular flexibility index (Phi) is 6.37. The van der Waals surface area contributed by atoms with E-state index in [9.17, 15) is 4.79 Å². The molecule has 0 saturated carbocycles. The van der Waals surface area contributed by atoms with Gasteiger partial charge in [0.25, 0.3) is 0 Å². The van der Waals surface area contributed by atoms with Gasteiger partial charge in [0.1, 0.15) is 6.04 Å². The molecule has 0 amide bonds. The second kappa shape index (κ2) is 7.00. The van der Waals surface area contributed by atoms with Crippen LogP contribution >= 0.6 is 0 Å². The van der Waals surface area contributed by atoms with Gasteiger partial charge in [0.05, 0.1) is 12.3 Å². The fourth-order valence-electron chi connectivity index (χ4n) is 0.952. The van der Waals surface area contributed by atoms with E-state index in [1.165, 1.54) is 0 Å². The highest BCUT2D eigenvalue weighted by atomic mass is 16.5. The Morgan fingerprint density at radius 1 is 1.67 bits per heavy atom. The van der Waals surface area contributed by atoms with Crippen LogP contribution in [0.15, 0.2) is 12.3 Å². The van der Waals surface area contributed by atoms with Crippen molar-refractivity contribution in [2.75, 3.05) is 6.61 Å². The van der Waals surface area contributed by atoms with Crippen LogP contribution < -0.4 is 5.73 Å². The molecule has 0 aromatic carbocycles. The van der Waals surface area contributed by atoms with Gasteiger partial charge < -0.3 is 10.5 Å². The molecule has 0 aliphatic heterocycles. The highest BCUT2D eigenvalue weighted by molar-refractivity contribution is 5.76. The Balaban J connectivity index is 0.000000921. The Hall–Kier alpha value is -1.36.